The van der Waals surface area contributed by atoms with Crippen molar-refractivity contribution in [2.24, 2.45) is 0 Å². The molecule has 9 heteroatoms. The number of nitrogens with one attached hydrogen (secondary N) is 2. The van der Waals surface area contributed by atoms with E-state index in [1.165, 1.54) is 12.6 Å². The van der Waals surface area contributed by atoms with E-state index in [0.717, 1.165) is 0 Å². The molecule has 0 aliphatic heterocycles. The highest BCUT2D eigenvalue weighted by Crippen LogP contribution is 2.38. The van der Waals surface area contributed by atoms with Gasteiger partial charge in [-0.1, -0.05) is 0 Å². The minimum Gasteiger partial charge on any atom is -0.464 e. The number of alkyl carbamates (subject to hydrolysis) is 1. The van der Waals surface area contributed by atoms with Crippen molar-refractivity contribution >= 4 is 22.8 Å². The van der Waals surface area contributed by atoms with Gasteiger partial charge in [0.2, 0.25) is 5.69 Å². The standard InChI is InChI=1S/C19H21N5O4/c1-19(2,3)28-18(26)21-8-6-9-24-15(12-7-5-10-27-12)13(20-4)14-16(24)17(25)23-11-22-14/h5,7,10-11H,6,8-9H2,1-3H3,(H,21,26)(H,22,23,25). The number of carbonyl (C=O) groups is 1. The molecule has 9 nitrogen and oxygen atoms in total. The molecular formula is C19H21N5O4. The number of hydrogen-bond donors (Lipinski definition) is 2. The van der Waals surface area contributed by atoms with Gasteiger partial charge < -0.3 is 24.0 Å². The van der Waals surface area contributed by atoms with Crippen molar-refractivity contribution in [3.63, 3.8) is 0 Å². The Kier molecular flexibility index (Phi) is 5.22. The van der Waals surface area contributed by atoms with Crippen LogP contribution in [-0.2, 0) is 11.3 Å². The summed E-state index contributed by atoms with van der Waals surface area (Å²) in [6.07, 6.45) is 2.80. The Morgan fingerprint density at radius 1 is 1.46 bits per heavy atom. The number of carbonyl (C=O) groups excluding carboxylic acids is 1. The fraction of sp³-hybridized carbons (Fsp3) is 0.368. The van der Waals surface area contributed by atoms with Crippen LogP contribution < -0.4 is 10.9 Å². The lowest BCUT2D eigenvalue weighted by atomic mass is 10.2. The van der Waals surface area contributed by atoms with Gasteiger partial charge in [0.15, 0.2) is 0 Å². The second-order valence-electron chi connectivity index (χ2n) is 7.15. The van der Waals surface area contributed by atoms with Crippen molar-refractivity contribution in [2.45, 2.75) is 39.3 Å². The quantitative estimate of drug-likeness (QED) is 0.518. The highest BCUT2D eigenvalue weighted by Gasteiger charge is 2.23. The maximum Gasteiger partial charge on any atom is 0.407 e. The van der Waals surface area contributed by atoms with Gasteiger partial charge in [-0.2, -0.15) is 0 Å². The molecule has 28 heavy (non-hydrogen) atoms. The minimum absolute atomic E-state index is 0.260. The summed E-state index contributed by atoms with van der Waals surface area (Å²) in [7, 11) is 0. The van der Waals surface area contributed by atoms with E-state index in [4.69, 9.17) is 15.7 Å². The monoisotopic (exact) mass is 383 g/mol. The average Bonchev–Trinajstić information content (AvgIpc) is 3.23. The second kappa shape index (κ2) is 7.60. The van der Waals surface area contributed by atoms with Gasteiger partial charge in [0, 0.05) is 13.1 Å². The van der Waals surface area contributed by atoms with Crippen LogP contribution in [0.15, 0.2) is 33.9 Å². The van der Waals surface area contributed by atoms with Crippen LogP contribution in [-0.4, -0.2) is 32.8 Å². The zero-order valence-corrected chi connectivity index (χ0v) is 15.9. The van der Waals surface area contributed by atoms with E-state index < -0.39 is 11.7 Å². The highest BCUT2D eigenvalue weighted by molar-refractivity contribution is 5.98. The molecule has 0 aromatic carbocycles. The molecule has 0 aliphatic carbocycles. The number of ether oxygens (including phenoxy) is 1. The molecule has 0 atom stereocenters. The van der Waals surface area contributed by atoms with E-state index in [9.17, 15) is 9.59 Å². The van der Waals surface area contributed by atoms with Gasteiger partial charge in [0.25, 0.3) is 5.56 Å². The normalized spacial score (nSPS) is 11.4. The Balaban J connectivity index is 1.88. The first-order valence-electron chi connectivity index (χ1n) is 8.80. The van der Waals surface area contributed by atoms with Crippen LogP contribution >= 0.6 is 0 Å². The number of fused-ring (bicyclic) bond motifs is 1. The van der Waals surface area contributed by atoms with Gasteiger partial charge in [-0.25, -0.2) is 14.6 Å². The third kappa shape index (κ3) is 3.91. The average molecular weight is 383 g/mol. The Morgan fingerprint density at radius 3 is 2.89 bits per heavy atom. The fourth-order valence-electron chi connectivity index (χ4n) is 2.90. The number of nitrogens with zero attached hydrogens (tertiary/aromatic N) is 3. The van der Waals surface area contributed by atoms with Crippen molar-refractivity contribution < 1.29 is 13.9 Å². The number of aromatic nitrogens is 3. The van der Waals surface area contributed by atoms with Gasteiger partial charge in [0.1, 0.15) is 22.4 Å². The van der Waals surface area contributed by atoms with Gasteiger partial charge >= 0.3 is 6.09 Å². The number of amides is 1. The van der Waals surface area contributed by atoms with Crippen LogP contribution in [0.1, 0.15) is 27.2 Å². The number of rotatable bonds is 5. The van der Waals surface area contributed by atoms with Gasteiger partial charge in [-0.3, -0.25) is 4.79 Å². The maximum atomic E-state index is 12.4. The molecule has 146 valence electrons. The van der Waals surface area contributed by atoms with Gasteiger partial charge in [-0.05, 0) is 39.3 Å². The first kappa shape index (κ1) is 19.2. The molecule has 0 spiro atoms. The Bertz CT molecular complexity index is 1080. The van der Waals surface area contributed by atoms with Crippen LogP contribution in [0.4, 0.5) is 10.5 Å². The summed E-state index contributed by atoms with van der Waals surface area (Å²) < 4.78 is 12.4. The first-order valence-corrected chi connectivity index (χ1v) is 8.80. The molecule has 0 unspecified atom stereocenters. The Labute approximate surface area is 161 Å². The van der Waals surface area contributed by atoms with E-state index in [1.807, 2.05) is 0 Å². The molecule has 0 aliphatic rings. The van der Waals surface area contributed by atoms with Crippen LogP contribution in [0, 0.1) is 6.57 Å². The van der Waals surface area contributed by atoms with E-state index in [0.29, 0.717) is 42.0 Å². The zero-order valence-electron chi connectivity index (χ0n) is 15.9. The fourth-order valence-corrected chi connectivity index (χ4v) is 2.90. The third-order valence-electron chi connectivity index (χ3n) is 3.91. The Morgan fingerprint density at radius 2 is 2.25 bits per heavy atom. The molecule has 1 amide bonds. The lowest BCUT2D eigenvalue weighted by Crippen LogP contribution is -2.33. The number of H-pyrrole nitrogens is 1. The predicted octanol–water partition coefficient (Wildman–Crippen LogP) is 3.45. The van der Waals surface area contributed by atoms with E-state index in [2.05, 4.69) is 20.1 Å². The molecule has 0 radical (unpaired) electrons. The summed E-state index contributed by atoms with van der Waals surface area (Å²) in [5.74, 6) is 0.475. The first-order chi connectivity index (χ1) is 13.3. The largest absolute Gasteiger partial charge is 0.464 e. The highest BCUT2D eigenvalue weighted by atomic mass is 16.6. The molecule has 0 bridgehead atoms. The van der Waals surface area contributed by atoms with E-state index in [1.54, 1.807) is 37.5 Å². The molecule has 0 saturated heterocycles. The summed E-state index contributed by atoms with van der Waals surface area (Å²) in [6.45, 7) is 13.6. The third-order valence-corrected chi connectivity index (χ3v) is 3.91. The van der Waals surface area contributed by atoms with Crippen molar-refractivity contribution in [1.29, 1.82) is 0 Å². The Hall–Kier alpha value is -3.54. The predicted molar refractivity (Wildman–Crippen MR) is 103 cm³/mol. The molecular weight excluding hydrogens is 362 g/mol. The van der Waals surface area contributed by atoms with Gasteiger partial charge in [-0.15, -0.1) is 0 Å². The molecule has 3 heterocycles. The number of aryl methyl sites for hydroxylation is 1. The van der Waals surface area contributed by atoms with Crippen molar-refractivity contribution in [3.05, 3.63) is 46.5 Å². The van der Waals surface area contributed by atoms with Gasteiger partial charge in [0.05, 0.1) is 24.9 Å². The molecule has 0 saturated carbocycles. The van der Waals surface area contributed by atoms with Crippen molar-refractivity contribution in [3.8, 4) is 11.5 Å². The molecule has 3 aromatic heterocycles. The summed E-state index contributed by atoms with van der Waals surface area (Å²) in [5, 5.41) is 2.69. The summed E-state index contributed by atoms with van der Waals surface area (Å²) in [4.78, 5) is 34.5. The zero-order chi connectivity index (χ0) is 20.3. The summed E-state index contributed by atoms with van der Waals surface area (Å²) in [6, 6.07) is 3.44. The van der Waals surface area contributed by atoms with Crippen molar-refractivity contribution in [1.82, 2.24) is 19.9 Å². The number of aromatic amines is 1. The lowest BCUT2D eigenvalue weighted by Gasteiger charge is -2.19. The SMILES string of the molecule is [C-]#[N+]c1c(-c2ccco2)n(CCCNC(=O)OC(C)(C)C)c2c(=O)[nH]cnc12. The number of furan rings is 1. The molecule has 0 fully saturated rings. The molecule has 3 aromatic rings. The van der Waals surface area contributed by atoms with Crippen LogP contribution in [0.5, 0.6) is 0 Å². The maximum absolute atomic E-state index is 12.4. The van der Waals surface area contributed by atoms with E-state index >= 15 is 0 Å². The smallest absolute Gasteiger partial charge is 0.407 e. The molecule has 2 N–H and O–H groups in total. The van der Waals surface area contributed by atoms with Crippen molar-refractivity contribution in [2.75, 3.05) is 6.54 Å². The second-order valence-corrected chi connectivity index (χ2v) is 7.15. The lowest BCUT2D eigenvalue weighted by molar-refractivity contribution is 0.0527. The summed E-state index contributed by atoms with van der Waals surface area (Å²) in [5.41, 5.74) is 0.472. The van der Waals surface area contributed by atoms with E-state index in [-0.39, 0.29) is 11.2 Å². The minimum atomic E-state index is -0.573. The van der Waals surface area contributed by atoms with Crippen LogP contribution in [0.25, 0.3) is 27.3 Å². The number of hydrogen-bond acceptors (Lipinski definition) is 5. The van der Waals surface area contributed by atoms with Crippen LogP contribution in [0.2, 0.25) is 0 Å². The molecule has 3 rings (SSSR count). The summed E-state index contributed by atoms with van der Waals surface area (Å²) >= 11 is 0. The topological polar surface area (TPSA) is 107 Å². The van der Waals surface area contributed by atoms with Crippen LogP contribution in [0.3, 0.4) is 0 Å².